The van der Waals surface area contributed by atoms with E-state index in [0.717, 1.165) is 4.90 Å². The summed E-state index contributed by atoms with van der Waals surface area (Å²) in [6, 6.07) is 5.86. The molecule has 1 heterocycles. The van der Waals surface area contributed by atoms with Gasteiger partial charge in [0, 0.05) is 26.2 Å². The predicted molar refractivity (Wildman–Crippen MR) is 97.4 cm³/mol. The van der Waals surface area contributed by atoms with Crippen molar-refractivity contribution in [1.29, 1.82) is 0 Å². The molecule has 3 atom stereocenters. The molecule has 10 heteroatoms. The summed E-state index contributed by atoms with van der Waals surface area (Å²) >= 11 is 0. The zero-order valence-corrected chi connectivity index (χ0v) is 15.5. The van der Waals surface area contributed by atoms with Gasteiger partial charge in [0.05, 0.1) is 17.2 Å². The third kappa shape index (κ3) is 4.97. The Morgan fingerprint density at radius 1 is 1.11 bits per heavy atom. The average molecular weight is 393 g/mol. The van der Waals surface area contributed by atoms with E-state index in [9.17, 15) is 19.2 Å². The number of methoxy groups -OCH3 is 1. The molecule has 1 aromatic rings. The lowest BCUT2D eigenvalue weighted by molar-refractivity contribution is 0.0510. The molecule has 0 aliphatic carbocycles. The van der Waals surface area contributed by atoms with Crippen LogP contribution in [0, 0.1) is 5.92 Å². The first-order valence-corrected chi connectivity index (χ1v) is 8.68. The molecule has 152 valence electrons. The quantitative estimate of drug-likeness (QED) is 0.462. The van der Waals surface area contributed by atoms with E-state index in [-0.39, 0.29) is 19.5 Å². The van der Waals surface area contributed by atoms with Gasteiger partial charge >= 0.3 is 12.2 Å². The van der Waals surface area contributed by atoms with Gasteiger partial charge in [-0.15, -0.1) is 0 Å². The number of hydrogen-bond acceptors (Lipinski definition) is 5. The van der Waals surface area contributed by atoms with E-state index in [1.54, 1.807) is 31.2 Å². The molecule has 28 heavy (non-hydrogen) atoms. The number of benzene rings is 1. The monoisotopic (exact) mass is 393 g/mol. The molecule has 0 aromatic heterocycles. The molecule has 4 N–H and O–H groups in total. The fraction of sp³-hybridized carbons (Fsp3) is 0.444. The minimum Gasteiger partial charge on any atom is -0.465 e. The third-order valence-corrected chi connectivity index (χ3v) is 4.73. The lowest BCUT2D eigenvalue weighted by Gasteiger charge is -2.30. The van der Waals surface area contributed by atoms with Crippen molar-refractivity contribution < 1.29 is 34.1 Å². The molecule has 0 saturated heterocycles. The zero-order chi connectivity index (χ0) is 20.8. The minimum absolute atomic E-state index is 0.00968. The van der Waals surface area contributed by atoms with Crippen molar-refractivity contribution in [2.75, 3.05) is 20.2 Å². The summed E-state index contributed by atoms with van der Waals surface area (Å²) in [5, 5.41) is 22.3. The topological polar surface area (TPSA) is 145 Å². The van der Waals surface area contributed by atoms with Crippen LogP contribution in [-0.2, 0) is 4.74 Å². The van der Waals surface area contributed by atoms with E-state index >= 15 is 0 Å². The number of amides is 4. The second-order valence-corrected chi connectivity index (χ2v) is 6.54. The molecule has 1 aromatic carbocycles. The highest BCUT2D eigenvalue weighted by atomic mass is 16.5. The van der Waals surface area contributed by atoms with E-state index in [0.29, 0.717) is 11.1 Å². The van der Waals surface area contributed by atoms with Gasteiger partial charge in [-0.1, -0.05) is 12.1 Å². The van der Waals surface area contributed by atoms with Crippen LogP contribution < -0.4 is 10.6 Å². The van der Waals surface area contributed by atoms with Gasteiger partial charge in [-0.3, -0.25) is 14.5 Å². The van der Waals surface area contributed by atoms with Crippen LogP contribution >= 0.6 is 0 Å². The minimum atomic E-state index is -1.24. The number of carbonyl (C=O) groups is 4. The highest BCUT2D eigenvalue weighted by Crippen LogP contribution is 2.25. The van der Waals surface area contributed by atoms with E-state index in [1.165, 1.54) is 7.11 Å². The Bertz CT molecular complexity index is 732. The molecular weight excluding hydrogens is 370 g/mol. The van der Waals surface area contributed by atoms with Crippen molar-refractivity contribution in [3.8, 4) is 0 Å². The molecule has 10 nitrogen and oxygen atoms in total. The van der Waals surface area contributed by atoms with Crippen LogP contribution in [-0.4, -0.2) is 71.5 Å². The van der Waals surface area contributed by atoms with Crippen LogP contribution in [0.25, 0.3) is 0 Å². The molecule has 0 saturated carbocycles. The van der Waals surface area contributed by atoms with Crippen molar-refractivity contribution in [2.24, 2.45) is 5.92 Å². The highest BCUT2D eigenvalue weighted by Gasteiger charge is 2.38. The smallest absolute Gasteiger partial charge is 0.404 e. The lowest BCUT2D eigenvalue weighted by Crippen LogP contribution is -2.46. The SMILES string of the molecule is COC(CNC(=O)O)CC(CN1C(=O)c2ccccc2C1=O)C(C)NC(=O)O. The Morgan fingerprint density at radius 2 is 1.68 bits per heavy atom. The van der Waals surface area contributed by atoms with Crippen LogP contribution in [0.2, 0.25) is 0 Å². The molecule has 3 unspecified atom stereocenters. The second-order valence-electron chi connectivity index (χ2n) is 6.54. The fourth-order valence-corrected chi connectivity index (χ4v) is 3.19. The normalized spacial score (nSPS) is 16.3. The lowest BCUT2D eigenvalue weighted by atomic mass is 9.93. The number of hydrogen-bond donors (Lipinski definition) is 4. The van der Waals surface area contributed by atoms with E-state index in [1.807, 2.05) is 0 Å². The third-order valence-electron chi connectivity index (χ3n) is 4.73. The van der Waals surface area contributed by atoms with Gasteiger partial charge in [0.1, 0.15) is 0 Å². The van der Waals surface area contributed by atoms with Crippen LogP contribution in [0.5, 0.6) is 0 Å². The number of nitrogens with zero attached hydrogens (tertiary/aromatic N) is 1. The summed E-state index contributed by atoms with van der Waals surface area (Å²) in [5.74, 6) is -1.37. The molecular formula is C18H23N3O7. The van der Waals surface area contributed by atoms with Gasteiger partial charge in [-0.05, 0) is 31.4 Å². The number of carbonyl (C=O) groups excluding carboxylic acids is 2. The Hall–Kier alpha value is -3.14. The molecule has 1 aliphatic rings. The number of rotatable bonds is 9. The fourth-order valence-electron chi connectivity index (χ4n) is 3.19. The maximum atomic E-state index is 12.6. The largest absolute Gasteiger partial charge is 0.465 e. The summed E-state index contributed by atoms with van der Waals surface area (Å²) in [7, 11) is 1.41. The predicted octanol–water partition coefficient (Wildman–Crippen LogP) is 1.23. The Labute approximate surface area is 161 Å². The van der Waals surface area contributed by atoms with Crippen molar-refractivity contribution >= 4 is 24.0 Å². The standard InChI is InChI=1S/C18H23N3O7/c1-10(20-18(26)27)11(7-12(28-2)8-19-17(24)25)9-21-15(22)13-5-3-4-6-14(13)16(21)23/h3-6,10-12,19-20H,7-9H2,1-2H3,(H,24,25)(H,26,27). The van der Waals surface area contributed by atoms with Crippen molar-refractivity contribution in [2.45, 2.75) is 25.5 Å². The maximum Gasteiger partial charge on any atom is 0.404 e. The van der Waals surface area contributed by atoms with E-state index < -0.39 is 42.1 Å². The first-order chi connectivity index (χ1) is 13.2. The van der Waals surface area contributed by atoms with Gasteiger partial charge in [0.15, 0.2) is 0 Å². The Morgan fingerprint density at radius 3 is 2.14 bits per heavy atom. The molecule has 0 bridgehead atoms. The first kappa shape index (κ1) is 21.2. The molecule has 2 rings (SSSR count). The zero-order valence-electron chi connectivity index (χ0n) is 15.5. The van der Waals surface area contributed by atoms with Crippen LogP contribution in [0.15, 0.2) is 24.3 Å². The van der Waals surface area contributed by atoms with Crippen LogP contribution in [0.3, 0.4) is 0 Å². The number of imide groups is 1. The number of carboxylic acid groups (broad SMARTS) is 2. The molecule has 1 aliphatic heterocycles. The average Bonchev–Trinajstić information content (AvgIpc) is 2.88. The van der Waals surface area contributed by atoms with Crippen LogP contribution in [0.4, 0.5) is 9.59 Å². The van der Waals surface area contributed by atoms with Crippen molar-refractivity contribution in [3.05, 3.63) is 35.4 Å². The van der Waals surface area contributed by atoms with Gasteiger partial charge < -0.3 is 25.6 Å². The Balaban J connectivity index is 2.18. The van der Waals surface area contributed by atoms with Gasteiger partial charge in [0.25, 0.3) is 11.8 Å². The summed E-state index contributed by atoms with van der Waals surface area (Å²) in [4.78, 5) is 48.1. The van der Waals surface area contributed by atoms with Crippen LogP contribution in [0.1, 0.15) is 34.1 Å². The first-order valence-electron chi connectivity index (χ1n) is 8.68. The maximum absolute atomic E-state index is 12.6. The molecule has 0 fully saturated rings. The second kappa shape index (κ2) is 9.18. The summed E-state index contributed by atoms with van der Waals surface area (Å²) < 4.78 is 5.28. The molecule has 0 spiro atoms. The number of fused-ring (bicyclic) bond motifs is 1. The van der Waals surface area contributed by atoms with E-state index in [2.05, 4.69) is 10.6 Å². The van der Waals surface area contributed by atoms with Crippen molar-refractivity contribution in [1.82, 2.24) is 15.5 Å². The molecule has 0 radical (unpaired) electrons. The summed E-state index contributed by atoms with van der Waals surface area (Å²) in [6.45, 7) is 1.58. The summed E-state index contributed by atoms with van der Waals surface area (Å²) in [5.41, 5.74) is 0.613. The number of nitrogens with one attached hydrogen (secondary N) is 2. The van der Waals surface area contributed by atoms with Crippen molar-refractivity contribution in [3.63, 3.8) is 0 Å². The molecule has 4 amide bonds. The van der Waals surface area contributed by atoms with E-state index in [4.69, 9.17) is 14.9 Å². The highest BCUT2D eigenvalue weighted by molar-refractivity contribution is 6.21. The van der Waals surface area contributed by atoms with Gasteiger partial charge in [-0.25, -0.2) is 9.59 Å². The van der Waals surface area contributed by atoms with Gasteiger partial charge in [0.2, 0.25) is 0 Å². The summed E-state index contributed by atoms with van der Waals surface area (Å²) in [6.07, 6.45) is -2.78. The van der Waals surface area contributed by atoms with Gasteiger partial charge in [-0.2, -0.15) is 0 Å². The number of ether oxygens (including phenoxy) is 1. The Kier molecular flexibility index (Phi) is 6.94.